The van der Waals surface area contributed by atoms with Gasteiger partial charge < -0.3 is 4.74 Å². The minimum Gasteiger partial charge on any atom is -0.368 e. The Balaban J connectivity index is 1.77. The molecule has 0 aromatic carbocycles. The van der Waals surface area contributed by atoms with Gasteiger partial charge in [-0.25, -0.2) is 0 Å². The van der Waals surface area contributed by atoms with Crippen LogP contribution >= 0.6 is 11.3 Å². The number of hydrogen-bond donors (Lipinski definition) is 0. The summed E-state index contributed by atoms with van der Waals surface area (Å²) in [6.45, 7) is 5.66. The number of morpholine rings is 1. The van der Waals surface area contributed by atoms with Gasteiger partial charge in [-0.2, -0.15) is 11.3 Å². The van der Waals surface area contributed by atoms with Gasteiger partial charge in [0.15, 0.2) is 5.78 Å². The lowest BCUT2D eigenvalue weighted by atomic mass is 10.1. The number of hydrogen-bond acceptors (Lipinski definition) is 4. The standard InChI is InChI=1S/C14H21NO2S/c1-2-6-15-7-8-17-14(10-15)13(16)4-3-12-5-9-18-11-12/h5,9,11,14H,2-4,6-8,10H2,1H3. The van der Waals surface area contributed by atoms with E-state index in [4.69, 9.17) is 4.74 Å². The van der Waals surface area contributed by atoms with E-state index in [0.717, 1.165) is 32.5 Å². The Morgan fingerprint density at radius 3 is 3.22 bits per heavy atom. The number of carbonyl (C=O) groups is 1. The van der Waals surface area contributed by atoms with Gasteiger partial charge in [0.05, 0.1) is 6.61 Å². The first-order chi connectivity index (χ1) is 8.79. The maximum atomic E-state index is 12.1. The van der Waals surface area contributed by atoms with Crippen molar-refractivity contribution < 1.29 is 9.53 Å². The molecule has 0 aliphatic carbocycles. The molecule has 1 aliphatic rings. The van der Waals surface area contributed by atoms with Crippen molar-refractivity contribution in [3.05, 3.63) is 22.4 Å². The molecular weight excluding hydrogens is 246 g/mol. The fourth-order valence-corrected chi connectivity index (χ4v) is 2.98. The van der Waals surface area contributed by atoms with Crippen LogP contribution in [0.2, 0.25) is 0 Å². The molecule has 1 fully saturated rings. The largest absolute Gasteiger partial charge is 0.368 e. The third kappa shape index (κ3) is 3.90. The Labute approximate surface area is 113 Å². The first kappa shape index (κ1) is 13.7. The maximum absolute atomic E-state index is 12.1. The highest BCUT2D eigenvalue weighted by Crippen LogP contribution is 2.12. The van der Waals surface area contributed by atoms with E-state index in [1.807, 2.05) is 0 Å². The van der Waals surface area contributed by atoms with Gasteiger partial charge in [0.1, 0.15) is 6.10 Å². The third-order valence-electron chi connectivity index (χ3n) is 3.29. The molecule has 4 heteroatoms. The van der Waals surface area contributed by atoms with Crippen molar-refractivity contribution >= 4 is 17.1 Å². The molecule has 1 atom stereocenters. The Hall–Kier alpha value is -0.710. The molecule has 3 nitrogen and oxygen atoms in total. The monoisotopic (exact) mass is 267 g/mol. The number of Topliss-reactive ketones (excluding diaryl/α,β-unsaturated/α-hetero) is 1. The Bertz CT molecular complexity index is 362. The second kappa shape index (κ2) is 7.02. The lowest BCUT2D eigenvalue weighted by molar-refractivity contribution is -0.136. The molecule has 1 aromatic heterocycles. The molecule has 0 bridgehead atoms. The van der Waals surface area contributed by atoms with Crippen LogP contribution in [0.1, 0.15) is 25.3 Å². The SMILES string of the molecule is CCCN1CCOC(C(=O)CCc2ccsc2)C1. The van der Waals surface area contributed by atoms with Gasteiger partial charge in [-0.05, 0) is 41.8 Å². The van der Waals surface area contributed by atoms with Crippen LogP contribution in [0, 0.1) is 0 Å². The molecule has 1 aromatic rings. The molecule has 2 heterocycles. The zero-order chi connectivity index (χ0) is 12.8. The van der Waals surface area contributed by atoms with E-state index >= 15 is 0 Å². The van der Waals surface area contributed by atoms with Crippen LogP contribution in [-0.4, -0.2) is 43.0 Å². The lowest BCUT2D eigenvalue weighted by Gasteiger charge is -2.31. The predicted octanol–water partition coefficient (Wildman–Crippen LogP) is 2.36. The predicted molar refractivity (Wildman–Crippen MR) is 74.1 cm³/mol. The van der Waals surface area contributed by atoms with Crippen LogP contribution in [0.3, 0.4) is 0 Å². The van der Waals surface area contributed by atoms with Crippen LogP contribution < -0.4 is 0 Å². The van der Waals surface area contributed by atoms with E-state index in [1.165, 1.54) is 5.56 Å². The van der Waals surface area contributed by atoms with Crippen molar-refractivity contribution in [2.75, 3.05) is 26.2 Å². The van der Waals surface area contributed by atoms with Crippen LogP contribution in [0.25, 0.3) is 0 Å². The number of carbonyl (C=O) groups excluding carboxylic acids is 1. The molecule has 1 saturated heterocycles. The second-order valence-corrected chi connectivity index (χ2v) is 5.54. The molecule has 2 rings (SSSR count). The van der Waals surface area contributed by atoms with Gasteiger partial charge in [-0.15, -0.1) is 0 Å². The topological polar surface area (TPSA) is 29.5 Å². The summed E-state index contributed by atoms with van der Waals surface area (Å²) in [5, 5.41) is 4.16. The van der Waals surface area contributed by atoms with Crippen LogP contribution in [0.4, 0.5) is 0 Å². The van der Waals surface area contributed by atoms with Crippen molar-refractivity contribution in [1.29, 1.82) is 0 Å². The summed E-state index contributed by atoms with van der Waals surface area (Å²) in [4.78, 5) is 14.4. The van der Waals surface area contributed by atoms with Gasteiger partial charge >= 0.3 is 0 Å². The van der Waals surface area contributed by atoms with Gasteiger partial charge in [0.2, 0.25) is 0 Å². The number of thiophene rings is 1. The molecule has 1 unspecified atom stereocenters. The van der Waals surface area contributed by atoms with Crippen molar-refractivity contribution in [3.63, 3.8) is 0 Å². The van der Waals surface area contributed by atoms with E-state index in [-0.39, 0.29) is 11.9 Å². The molecular formula is C14H21NO2S. The minimum atomic E-state index is -0.205. The average Bonchev–Trinajstić information content (AvgIpc) is 2.90. The van der Waals surface area contributed by atoms with Crippen LogP contribution in [0.15, 0.2) is 16.8 Å². The zero-order valence-corrected chi connectivity index (χ0v) is 11.7. The highest BCUT2D eigenvalue weighted by Gasteiger charge is 2.25. The van der Waals surface area contributed by atoms with Gasteiger partial charge in [0, 0.05) is 19.5 Å². The Morgan fingerprint density at radius 1 is 1.61 bits per heavy atom. The van der Waals surface area contributed by atoms with E-state index in [2.05, 4.69) is 28.7 Å². The summed E-state index contributed by atoms with van der Waals surface area (Å²) in [6.07, 6.45) is 2.37. The number of nitrogens with zero attached hydrogens (tertiary/aromatic N) is 1. The molecule has 0 saturated carbocycles. The quantitative estimate of drug-likeness (QED) is 0.792. The molecule has 0 spiro atoms. The van der Waals surface area contributed by atoms with Gasteiger partial charge in [0.25, 0.3) is 0 Å². The molecule has 18 heavy (non-hydrogen) atoms. The van der Waals surface area contributed by atoms with Crippen molar-refractivity contribution in [3.8, 4) is 0 Å². The normalized spacial score (nSPS) is 21.1. The first-order valence-corrected chi connectivity index (χ1v) is 7.61. The first-order valence-electron chi connectivity index (χ1n) is 6.67. The molecule has 0 amide bonds. The minimum absolute atomic E-state index is 0.205. The molecule has 1 aliphatic heterocycles. The van der Waals surface area contributed by atoms with Crippen LogP contribution in [-0.2, 0) is 16.0 Å². The number of aryl methyl sites for hydroxylation is 1. The molecule has 100 valence electrons. The lowest BCUT2D eigenvalue weighted by Crippen LogP contribution is -2.46. The second-order valence-electron chi connectivity index (χ2n) is 4.76. The number of ether oxygens (including phenoxy) is 1. The summed E-state index contributed by atoms with van der Waals surface area (Å²) >= 11 is 1.68. The van der Waals surface area contributed by atoms with Crippen molar-refractivity contribution in [2.45, 2.75) is 32.3 Å². The highest BCUT2D eigenvalue weighted by atomic mass is 32.1. The number of rotatable bonds is 6. The zero-order valence-electron chi connectivity index (χ0n) is 10.9. The third-order valence-corrected chi connectivity index (χ3v) is 4.02. The Morgan fingerprint density at radius 2 is 2.50 bits per heavy atom. The summed E-state index contributed by atoms with van der Waals surface area (Å²) in [5.41, 5.74) is 1.26. The van der Waals surface area contributed by atoms with Gasteiger partial charge in [-0.1, -0.05) is 6.92 Å². The molecule has 0 N–H and O–H groups in total. The van der Waals surface area contributed by atoms with Gasteiger partial charge in [-0.3, -0.25) is 9.69 Å². The van der Waals surface area contributed by atoms with E-state index < -0.39 is 0 Å². The number of ketones is 1. The van der Waals surface area contributed by atoms with E-state index in [1.54, 1.807) is 11.3 Å². The summed E-state index contributed by atoms with van der Waals surface area (Å²) in [6, 6.07) is 2.09. The maximum Gasteiger partial charge on any atom is 0.163 e. The van der Waals surface area contributed by atoms with E-state index in [0.29, 0.717) is 13.0 Å². The fourth-order valence-electron chi connectivity index (χ4n) is 2.28. The summed E-state index contributed by atoms with van der Waals surface area (Å²) < 4.78 is 5.60. The van der Waals surface area contributed by atoms with E-state index in [9.17, 15) is 4.79 Å². The van der Waals surface area contributed by atoms with Crippen molar-refractivity contribution in [1.82, 2.24) is 4.90 Å². The Kier molecular flexibility index (Phi) is 5.35. The van der Waals surface area contributed by atoms with Crippen molar-refractivity contribution in [2.24, 2.45) is 0 Å². The summed E-state index contributed by atoms with van der Waals surface area (Å²) in [7, 11) is 0. The average molecular weight is 267 g/mol. The smallest absolute Gasteiger partial charge is 0.163 e. The summed E-state index contributed by atoms with van der Waals surface area (Å²) in [5.74, 6) is 0.252. The molecule has 0 radical (unpaired) electrons. The van der Waals surface area contributed by atoms with Crippen LogP contribution in [0.5, 0.6) is 0 Å². The highest BCUT2D eigenvalue weighted by molar-refractivity contribution is 7.07. The fraction of sp³-hybridized carbons (Fsp3) is 0.643.